The number of anilines is 1. The Labute approximate surface area is 158 Å². The highest BCUT2D eigenvalue weighted by Crippen LogP contribution is 2.38. The van der Waals surface area contributed by atoms with E-state index in [0.29, 0.717) is 19.4 Å². The fourth-order valence-corrected chi connectivity index (χ4v) is 3.50. The van der Waals surface area contributed by atoms with Crippen LogP contribution in [0.15, 0.2) is 12.1 Å². The molecule has 28 heavy (non-hydrogen) atoms. The van der Waals surface area contributed by atoms with E-state index in [2.05, 4.69) is 15.3 Å². The predicted octanol–water partition coefficient (Wildman–Crippen LogP) is 2.08. The molecule has 11 heteroatoms. The topological polar surface area (TPSA) is 104 Å². The van der Waals surface area contributed by atoms with Crippen molar-refractivity contribution in [2.24, 2.45) is 13.0 Å². The summed E-state index contributed by atoms with van der Waals surface area (Å²) in [5, 5.41) is 25.9. The molecule has 0 bridgehead atoms. The molecule has 0 radical (unpaired) electrons. The van der Waals surface area contributed by atoms with Gasteiger partial charge in [-0.2, -0.15) is 13.2 Å². The van der Waals surface area contributed by atoms with E-state index in [9.17, 15) is 23.1 Å². The van der Waals surface area contributed by atoms with E-state index in [4.69, 9.17) is 5.11 Å². The SMILES string of the molecule is Cn1nnc(-c2ccc(N3CCC[C@H](CC(=O)O)C3)c(C(F)(F)F)n2)c1CO. The normalized spacial score (nSPS) is 17.8. The van der Waals surface area contributed by atoms with Crippen molar-refractivity contribution in [1.82, 2.24) is 20.0 Å². The monoisotopic (exact) mass is 399 g/mol. The number of nitrogens with zero attached hydrogens (tertiary/aromatic N) is 5. The van der Waals surface area contributed by atoms with Crippen molar-refractivity contribution in [1.29, 1.82) is 0 Å². The zero-order valence-electron chi connectivity index (χ0n) is 15.1. The van der Waals surface area contributed by atoms with Gasteiger partial charge in [0.25, 0.3) is 0 Å². The molecule has 1 saturated heterocycles. The molecule has 0 aliphatic carbocycles. The number of halogens is 3. The van der Waals surface area contributed by atoms with Gasteiger partial charge in [-0.15, -0.1) is 5.10 Å². The molecule has 8 nitrogen and oxygen atoms in total. The lowest BCUT2D eigenvalue weighted by Crippen LogP contribution is -2.37. The average molecular weight is 399 g/mol. The van der Waals surface area contributed by atoms with Gasteiger partial charge in [-0.05, 0) is 30.9 Å². The number of alkyl halides is 3. The number of carbonyl (C=O) groups is 1. The van der Waals surface area contributed by atoms with Crippen molar-refractivity contribution < 1.29 is 28.2 Å². The second-order valence-corrected chi connectivity index (χ2v) is 6.78. The molecule has 2 aromatic rings. The Kier molecular flexibility index (Phi) is 5.54. The van der Waals surface area contributed by atoms with E-state index >= 15 is 0 Å². The van der Waals surface area contributed by atoms with Crippen molar-refractivity contribution in [2.45, 2.75) is 32.0 Å². The molecule has 0 spiro atoms. The first-order valence-corrected chi connectivity index (χ1v) is 8.75. The molecule has 3 heterocycles. The predicted molar refractivity (Wildman–Crippen MR) is 92.3 cm³/mol. The second kappa shape index (κ2) is 7.74. The van der Waals surface area contributed by atoms with E-state index < -0.39 is 24.4 Å². The summed E-state index contributed by atoms with van der Waals surface area (Å²) in [5.41, 5.74) is -0.832. The molecule has 0 amide bonds. The standard InChI is InChI=1S/C17H20F3N5O3/c1-24-13(9-26)15(22-23-24)11-4-5-12(16(21-11)17(18,19)20)25-6-2-3-10(8-25)7-14(27)28/h4-5,10,26H,2-3,6-9H2,1H3,(H,27,28)/t10-/m1/s1. The van der Waals surface area contributed by atoms with Gasteiger partial charge in [-0.25, -0.2) is 9.67 Å². The van der Waals surface area contributed by atoms with Gasteiger partial charge in [-0.1, -0.05) is 5.21 Å². The minimum Gasteiger partial charge on any atom is -0.481 e. The van der Waals surface area contributed by atoms with Crippen molar-refractivity contribution in [3.05, 3.63) is 23.5 Å². The molecule has 2 aromatic heterocycles. The van der Waals surface area contributed by atoms with Crippen LogP contribution in [0.25, 0.3) is 11.4 Å². The van der Waals surface area contributed by atoms with Crippen molar-refractivity contribution >= 4 is 11.7 Å². The zero-order valence-corrected chi connectivity index (χ0v) is 15.1. The second-order valence-electron chi connectivity index (χ2n) is 6.78. The van der Waals surface area contributed by atoms with Crippen LogP contribution >= 0.6 is 0 Å². The molecule has 1 fully saturated rings. The first kappa shape index (κ1) is 20.1. The number of carboxylic acids is 1. The molecule has 1 atom stereocenters. The van der Waals surface area contributed by atoms with Crippen LogP contribution in [-0.4, -0.2) is 49.2 Å². The number of hydrogen-bond acceptors (Lipinski definition) is 6. The van der Waals surface area contributed by atoms with E-state index in [1.165, 1.54) is 23.9 Å². The maximum Gasteiger partial charge on any atom is 0.435 e. The molecule has 3 rings (SSSR count). The lowest BCUT2D eigenvalue weighted by atomic mass is 9.94. The Bertz CT molecular complexity index is 868. The van der Waals surface area contributed by atoms with Crippen LogP contribution < -0.4 is 4.90 Å². The third-order valence-corrected chi connectivity index (χ3v) is 4.80. The van der Waals surface area contributed by atoms with Gasteiger partial charge in [0.15, 0.2) is 5.69 Å². The Hall–Kier alpha value is -2.69. The van der Waals surface area contributed by atoms with Gasteiger partial charge in [0.05, 0.1) is 23.7 Å². The maximum atomic E-state index is 13.7. The summed E-state index contributed by atoms with van der Waals surface area (Å²) in [4.78, 5) is 16.3. The van der Waals surface area contributed by atoms with Crippen LogP contribution in [0.1, 0.15) is 30.7 Å². The van der Waals surface area contributed by atoms with Crippen LogP contribution in [0.2, 0.25) is 0 Å². The first-order chi connectivity index (χ1) is 13.2. The number of piperidine rings is 1. The summed E-state index contributed by atoms with van der Waals surface area (Å²) in [6.07, 6.45) is -3.51. The molecule has 1 aliphatic rings. The van der Waals surface area contributed by atoms with E-state index in [1.54, 1.807) is 4.90 Å². The van der Waals surface area contributed by atoms with Crippen LogP contribution in [0.3, 0.4) is 0 Å². The molecule has 0 aromatic carbocycles. The third kappa shape index (κ3) is 4.08. The highest BCUT2D eigenvalue weighted by molar-refractivity contribution is 5.67. The maximum absolute atomic E-state index is 13.7. The van der Waals surface area contributed by atoms with Gasteiger partial charge in [0.1, 0.15) is 5.69 Å². The van der Waals surface area contributed by atoms with Gasteiger partial charge in [0.2, 0.25) is 0 Å². The van der Waals surface area contributed by atoms with Gasteiger partial charge < -0.3 is 15.1 Å². The lowest BCUT2D eigenvalue weighted by Gasteiger charge is -2.35. The quantitative estimate of drug-likeness (QED) is 0.793. The van der Waals surface area contributed by atoms with Gasteiger partial charge >= 0.3 is 12.1 Å². The van der Waals surface area contributed by atoms with E-state index in [1.807, 2.05) is 0 Å². The zero-order chi connectivity index (χ0) is 20.5. The van der Waals surface area contributed by atoms with E-state index in [0.717, 1.165) is 0 Å². The lowest BCUT2D eigenvalue weighted by molar-refractivity contribution is -0.141. The number of rotatable bonds is 5. The molecule has 152 valence electrons. The largest absolute Gasteiger partial charge is 0.481 e. The van der Waals surface area contributed by atoms with E-state index in [-0.39, 0.29) is 41.7 Å². The third-order valence-electron chi connectivity index (χ3n) is 4.80. The highest BCUT2D eigenvalue weighted by Gasteiger charge is 2.38. The average Bonchev–Trinajstić information content (AvgIpc) is 3.00. The Balaban J connectivity index is 1.99. The molecule has 0 unspecified atom stereocenters. The number of pyridine rings is 1. The fraction of sp³-hybridized carbons (Fsp3) is 0.529. The molecular formula is C17H20F3N5O3. The number of aliphatic carboxylic acids is 1. The molecule has 2 N–H and O–H groups in total. The minimum absolute atomic E-state index is 0.0349. The van der Waals surface area contributed by atoms with Gasteiger partial charge in [0, 0.05) is 26.6 Å². The summed E-state index contributed by atoms with van der Waals surface area (Å²) in [6, 6.07) is 2.73. The number of carboxylic acid groups (broad SMARTS) is 1. The summed E-state index contributed by atoms with van der Waals surface area (Å²) >= 11 is 0. The van der Waals surface area contributed by atoms with Crippen molar-refractivity contribution in [2.75, 3.05) is 18.0 Å². The Morgan fingerprint density at radius 2 is 2.11 bits per heavy atom. The van der Waals surface area contributed by atoms with Crippen LogP contribution in [0.5, 0.6) is 0 Å². The summed E-state index contributed by atoms with van der Waals surface area (Å²) in [6.45, 7) is 0.184. The minimum atomic E-state index is -4.70. The number of aryl methyl sites for hydroxylation is 1. The summed E-state index contributed by atoms with van der Waals surface area (Å²) in [5.74, 6) is -1.18. The van der Waals surface area contributed by atoms with Crippen molar-refractivity contribution in [3.8, 4) is 11.4 Å². The van der Waals surface area contributed by atoms with Crippen LogP contribution in [0, 0.1) is 5.92 Å². The summed E-state index contributed by atoms with van der Waals surface area (Å²) < 4.78 is 42.4. The summed E-state index contributed by atoms with van der Waals surface area (Å²) in [7, 11) is 1.53. The van der Waals surface area contributed by atoms with Gasteiger partial charge in [-0.3, -0.25) is 4.79 Å². The number of aliphatic hydroxyl groups is 1. The molecule has 1 aliphatic heterocycles. The number of aliphatic hydroxyl groups excluding tert-OH is 1. The highest BCUT2D eigenvalue weighted by atomic mass is 19.4. The van der Waals surface area contributed by atoms with Crippen molar-refractivity contribution in [3.63, 3.8) is 0 Å². The van der Waals surface area contributed by atoms with Crippen LogP contribution in [0.4, 0.5) is 18.9 Å². The number of aromatic nitrogens is 4. The van der Waals surface area contributed by atoms with Crippen LogP contribution in [-0.2, 0) is 24.6 Å². The fourth-order valence-electron chi connectivity index (χ4n) is 3.50. The Morgan fingerprint density at radius 1 is 1.36 bits per heavy atom. The smallest absolute Gasteiger partial charge is 0.435 e. The molecular weight excluding hydrogens is 379 g/mol. The Morgan fingerprint density at radius 3 is 2.75 bits per heavy atom. The number of hydrogen-bond donors (Lipinski definition) is 2. The molecule has 0 saturated carbocycles. The first-order valence-electron chi connectivity index (χ1n) is 8.75.